The number of anilines is 1. The van der Waals surface area contributed by atoms with Gasteiger partial charge in [-0.1, -0.05) is 18.2 Å². The van der Waals surface area contributed by atoms with Crippen LogP contribution in [0.2, 0.25) is 0 Å². The molecule has 0 spiro atoms. The molecule has 0 radical (unpaired) electrons. The average molecular weight is 336 g/mol. The standard InChI is InChI=1S/C20H20N2O3/c1-22-14-15(18-4-2-3-5-19(18)22)6-11-20(24)21-16-7-9-17(10-8-16)25-13-12-23/h2-11,14,23H,12-13H2,1H3,(H,21,24)/b11-6+. The lowest BCUT2D eigenvalue weighted by atomic mass is 10.1. The molecule has 0 fully saturated rings. The summed E-state index contributed by atoms with van der Waals surface area (Å²) in [5.74, 6) is 0.454. The molecule has 0 aliphatic rings. The monoisotopic (exact) mass is 336 g/mol. The Balaban J connectivity index is 1.66. The van der Waals surface area contributed by atoms with Crippen molar-refractivity contribution in [2.45, 2.75) is 0 Å². The number of aliphatic hydroxyl groups excluding tert-OH is 1. The fourth-order valence-corrected chi connectivity index (χ4v) is 2.65. The van der Waals surface area contributed by atoms with E-state index in [2.05, 4.69) is 5.32 Å². The molecular formula is C20H20N2O3. The third-order valence-electron chi connectivity index (χ3n) is 3.82. The van der Waals surface area contributed by atoms with Crippen molar-refractivity contribution < 1.29 is 14.6 Å². The minimum Gasteiger partial charge on any atom is -0.491 e. The van der Waals surface area contributed by atoms with Gasteiger partial charge in [0.05, 0.1) is 6.61 Å². The highest BCUT2D eigenvalue weighted by molar-refractivity contribution is 6.03. The van der Waals surface area contributed by atoms with Crippen LogP contribution in [0.3, 0.4) is 0 Å². The number of nitrogens with zero attached hydrogens (tertiary/aromatic N) is 1. The molecule has 0 saturated heterocycles. The highest BCUT2D eigenvalue weighted by Crippen LogP contribution is 2.21. The van der Waals surface area contributed by atoms with Gasteiger partial charge in [-0.25, -0.2) is 0 Å². The number of carbonyl (C=O) groups excluding carboxylic acids is 1. The number of aliphatic hydroxyl groups is 1. The van der Waals surface area contributed by atoms with E-state index in [0.29, 0.717) is 11.4 Å². The molecule has 128 valence electrons. The zero-order valence-corrected chi connectivity index (χ0v) is 14.0. The summed E-state index contributed by atoms with van der Waals surface area (Å²) in [6.45, 7) is 0.219. The number of ether oxygens (including phenoxy) is 1. The van der Waals surface area contributed by atoms with Gasteiger partial charge in [0.1, 0.15) is 12.4 Å². The predicted octanol–water partition coefficient (Wildman–Crippen LogP) is 3.20. The molecule has 0 saturated carbocycles. The number of hydrogen-bond donors (Lipinski definition) is 2. The molecule has 1 amide bonds. The molecule has 3 rings (SSSR count). The Kier molecular flexibility index (Phi) is 5.16. The van der Waals surface area contributed by atoms with Gasteiger partial charge in [0, 0.05) is 41.5 Å². The molecule has 5 heteroatoms. The predicted molar refractivity (Wildman–Crippen MR) is 99.6 cm³/mol. The molecule has 1 heterocycles. The van der Waals surface area contributed by atoms with E-state index in [1.54, 1.807) is 24.3 Å². The number of fused-ring (bicyclic) bond motifs is 1. The van der Waals surface area contributed by atoms with Crippen LogP contribution in [-0.4, -0.2) is 28.8 Å². The van der Waals surface area contributed by atoms with E-state index in [0.717, 1.165) is 16.5 Å². The molecular weight excluding hydrogens is 316 g/mol. The smallest absolute Gasteiger partial charge is 0.248 e. The molecule has 5 nitrogen and oxygen atoms in total. The van der Waals surface area contributed by atoms with Crippen molar-refractivity contribution in [3.05, 3.63) is 66.4 Å². The minimum absolute atomic E-state index is 0.0303. The minimum atomic E-state index is -0.197. The van der Waals surface area contributed by atoms with Gasteiger partial charge in [0.2, 0.25) is 5.91 Å². The molecule has 2 aromatic carbocycles. The lowest BCUT2D eigenvalue weighted by Gasteiger charge is -2.06. The first-order chi connectivity index (χ1) is 12.2. The number of nitrogens with one attached hydrogen (secondary N) is 1. The van der Waals surface area contributed by atoms with Crippen LogP contribution in [-0.2, 0) is 11.8 Å². The SMILES string of the molecule is Cn1cc(/C=C/C(=O)Nc2ccc(OCCO)cc2)c2ccccc21. The first kappa shape index (κ1) is 16.8. The van der Waals surface area contributed by atoms with E-state index in [9.17, 15) is 4.79 Å². The van der Waals surface area contributed by atoms with E-state index in [-0.39, 0.29) is 19.1 Å². The second kappa shape index (κ2) is 7.68. The highest BCUT2D eigenvalue weighted by atomic mass is 16.5. The summed E-state index contributed by atoms with van der Waals surface area (Å²) >= 11 is 0. The number of benzene rings is 2. The number of amides is 1. The van der Waals surface area contributed by atoms with Gasteiger partial charge < -0.3 is 19.7 Å². The van der Waals surface area contributed by atoms with E-state index in [1.807, 2.05) is 48.2 Å². The maximum atomic E-state index is 12.1. The topological polar surface area (TPSA) is 63.5 Å². The van der Waals surface area contributed by atoms with Crippen LogP contribution >= 0.6 is 0 Å². The fourth-order valence-electron chi connectivity index (χ4n) is 2.65. The van der Waals surface area contributed by atoms with Crippen LogP contribution in [0.4, 0.5) is 5.69 Å². The van der Waals surface area contributed by atoms with Crippen LogP contribution in [0.5, 0.6) is 5.75 Å². The second-order valence-corrected chi connectivity index (χ2v) is 5.63. The first-order valence-corrected chi connectivity index (χ1v) is 8.04. The highest BCUT2D eigenvalue weighted by Gasteiger charge is 2.04. The summed E-state index contributed by atoms with van der Waals surface area (Å²) in [6.07, 6.45) is 5.34. The van der Waals surface area contributed by atoms with Gasteiger partial charge in [-0.15, -0.1) is 0 Å². The number of aromatic nitrogens is 1. The van der Waals surface area contributed by atoms with Gasteiger partial charge in [-0.05, 0) is 36.4 Å². The largest absolute Gasteiger partial charge is 0.491 e. The maximum absolute atomic E-state index is 12.1. The Morgan fingerprint density at radius 1 is 1.20 bits per heavy atom. The Bertz CT molecular complexity index is 895. The lowest BCUT2D eigenvalue weighted by Crippen LogP contribution is -2.07. The third kappa shape index (κ3) is 4.08. The van der Waals surface area contributed by atoms with Gasteiger partial charge in [0.15, 0.2) is 0 Å². The van der Waals surface area contributed by atoms with Crippen molar-refractivity contribution >= 4 is 28.6 Å². The van der Waals surface area contributed by atoms with Crippen LogP contribution in [0.15, 0.2) is 60.8 Å². The number of rotatable bonds is 6. The quantitative estimate of drug-likeness (QED) is 0.680. The number of hydrogen-bond acceptors (Lipinski definition) is 3. The number of para-hydroxylation sites is 1. The zero-order valence-electron chi connectivity index (χ0n) is 14.0. The first-order valence-electron chi connectivity index (χ1n) is 8.04. The van der Waals surface area contributed by atoms with Crippen molar-refractivity contribution in [2.75, 3.05) is 18.5 Å². The summed E-state index contributed by atoms with van der Waals surface area (Å²) in [7, 11) is 1.99. The van der Waals surface area contributed by atoms with Gasteiger partial charge in [-0.3, -0.25) is 4.79 Å². The summed E-state index contributed by atoms with van der Waals surface area (Å²) in [6, 6.07) is 15.1. The van der Waals surface area contributed by atoms with Crippen molar-refractivity contribution in [3.8, 4) is 5.75 Å². The van der Waals surface area contributed by atoms with Crippen LogP contribution in [0.1, 0.15) is 5.56 Å². The molecule has 0 aliphatic heterocycles. The Morgan fingerprint density at radius 2 is 1.96 bits per heavy atom. The maximum Gasteiger partial charge on any atom is 0.248 e. The second-order valence-electron chi connectivity index (χ2n) is 5.63. The summed E-state index contributed by atoms with van der Waals surface area (Å²) in [5, 5.41) is 12.7. The van der Waals surface area contributed by atoms with E-state index >= 15 is 0 Å². The van der Waals surface area contributed by atoms with E-state index in [1.165, 1.54) is 6.08 Å². The summed E-state index contributed by atoms with van der Waals surface area (Å²) in [4.78, 5) is 12.1. The van der Waals surface area contributed by atoms with Crippen molar-refractivity contribution in [1.29, 1.82) is 0 Å². The Morgan fingerprint density at radius 3 is 2.72 bits per heavy atom. The summed E-state index contributed by atoms with van der Waals surface area (Å²) in [5.41, 5.74) is 2.81. The molecule has 3 aromatic rings. The van der Waals surface area contributed by atoms with Gasteiger partial charge >= 0.3 is 0 Å². The third-order valence-corrected chi connectivity index (χ3v) is 3.82. The van der Waals surface area contributed by atoms with Crippen molar-refractivity contribution in [1.82, 2.24) is 4.57 Å². The number of carbonyl (C=O) groups is 1. The van der Waals surface area contributed by atoms with E-state index in [4.69, 9.17) is 9.84 Å². The van der Waals surface area contributed by atoms with Crippen LogP contribution in [0, 0.1) is 0 Å². The fraction of sp³-hybridized carbons (Fsp3) is 0.150. The van der Waals surface area contributed by atoms with Gasteiger partial charge in [0.25, 0.3) is 0 Å². The molecule has 0 bridgehead atoms. The van der Waals surface area contributed by atoms with Gasteiger partial charge in [-0.2, -0.15) is 0 Å². The van der Waals surface area contributed by atoms with Crippen molar-refractivity contribution in [3.63, 3.8) is 0 Å². The van der Waals surface area contributed by atoms with Crippen LogP contribution in [0.25, 0.3) is 17.0 Å². The zero-order chi connectivity index (χ0) is 17.6. The average Bonchev–Trinajstić information content (AvgIpc) is 2.96. The molecule has 0 atom stereocenters. The molecule has 25 heavy (non-hydrogen) atoms. The molecule has 0 unspecified atom stereocenters. The lowest BCUT2D eigenvalue weighted by molar-refractivity contribution is -0.111. The molecule has 0 aliphatic carbocycles. The normalized spacial score (nSPS) is 11.1. The Hall–Kier alpha value is -3.05. The van der Waals surface area contributed by atoms with E-state index < -0.39 is 0 Å². The Labute approximate surface area is 146 Å². The molecule has 1 aromatic heterocycles. The van der Waals surface area contributed by atoms with Crippen LogP contribution < -0.4 is 10.1 Å². The van der Waals surface area contributed by atoms with Crippen molar-refractivity contribution in [2.24, 2.45) is 7.05 Å². The molecule has 2 N–H and O–H groups in total. The summed E-state index contributed by atoms with van der Waals surface area (Å²) < 4.78 is 7.32. The number of aryl methyl sites for hydroxylation is 1.